The largest absolute Gasteiger partial charge is 0.398 e. The first-order chi connectivity index (χ1) is 8.93. The minimum absolute atomic E-state index is 0.140. The van der Waals surface area contributed by atoms with E-state index in [2.05, 4.69) is 0 Å². The van der Waals surface area contributed by atoms with Gasteiger partial charge in [0.05, 0.1) is 25.6 Å². The maximum Gasteiger partial charge on any atom is 0.236 e. The summed E-state index contributed by atoms with van der Waals surface area (Å²) in [5, 5.41) is 8.70. The number of nitrogens with zero attached hydrogens (tertiary/aromatic N) is 2. The SMILES string of the molecule is N#CCc1cc(N(CC(N)=O)CC(N)=O)ccc1N. The van der Waals surface area contributed by atoms with Crippen LogP contribution in [0.15, 0.2) is 18.2 Å². The van der Waals surface area contributed by atoms with E-state index in [4.69, 9.17) is 22.5 Å². The first-order valence-electron chi connectivity index (χ1n) is 5.51. The molecule has 0 aliphatic rings. The van der Waals surface area contributed by atoms with Crippen molar-refractivity contribution in [2.24, 2.45) is 11.5 Å². The van der Waals surface area contributed by atoms with Gasteiger partial charge in [-0.2, -0.15) is 5.26 Å². The first-order valence-corrected chi connectivity index (χ1v) is 5.51. The lowest BCUT2D eigenvalue weighted by molar-refractivity contribution is -0.117. The van der Waals surface area contributed by atoms with Crippen LogP contribution in [0.4, 0.5) is 11.4 Å². The molecule has 0 heterocycles. The van der Waals surface area contributed by atoms with Gasteiger partial charge in [-0.05, 0) is 23.8 Å². The van der Waals surface area contributed by atoms with Gasteiger partial charge in [-0.25, -0.2) is 0 Å². The van der Waals surface area contributed by atoms with Gasteiger partial charge in [-0.3, -0.25) is 9.59 Å². The number of carbonyl (C=O) groups excluding carboxylic acids is 2. The predicted octanol–water partition coefficient (Wildman–Crippen LogP) is -0.888. The Hall–Kier alpha value is -2.75. The third kappa shape index (κ3) is 4.20. The quantitative estimate of drug-likeness (QED) is 0.570. The van der Waals surface area contributed by atoms with Crippen molar-refractivity contribution < 1.29 is 9.59 Å². The maximum absolute atomic E-state index is 11.0. The van der Waals surface area contributed by atoms with Gasteiger partial charge in [-0.15, -0.1) is 0 Å². The molecule has 0 atom stereocenters. The Morgan fingerprint density at radius 1 is 1.21 bits per heavy atom. The predicted molar refractivity (Wildman–Crippen MR) is 70.8 cm³/mol. The monoisotopic (exact) mass is 261 g/mol. The van der Waals surface area contributed by atoms with Gasteiger partial charge in [0.1, 0.15) is 0 Å². The fraction of sp³-hybridized carbons (Fsp3) is 0.250. The smallest absolute Gasteiger partial charge is 0.236 e. The van der Waals surface area contributed by atoms with Crippen LogP contribution in [-0.4, -0.2) is 24.9 Å². The lowest BCUT2D eigenvalue weighted by Gasteiger charge is -2.22. The third-order valence-corrected chi connectivity index (χ3v) is 2.45. The summed E-state index contributed by atoms with van der Waals surface area (Å²) in [7, 11) is 0. The third-order valence-electron chi connectivity index (χ3n) is 2.45. The molecule has 0 radical (unpaired) electrons. The highest BCUT2D eigenvalue weighted by atomic mass is 16.2. The van der Waals surface area contributed by atoms with Crippen molar-refractivity contribution in [1.82, 2.24) is 0 Å². The standard InChI is InChI=1S/C12H15N5O2/c13-4-3-8-5-9(1-2-10(8)14)17(6-11(15)18)7-12(16)19/h1-2,5H,3,6-7,14H2,(H2,15,18)(H2,16,19). The minimum atomic E-state index is -0.583. The molecule has 0 aliphatic carbocycles. The summed E-state index contributed by atoms with van der Waals surface area (Å²) in [4.78, 5) is 23.4. The number of carbonyl (C=O) groups is 2. The molecule has 19 heavy (non-hydrogen) atoms. The molecule has 0 saturated heterocycles. The van der Waals surface area contributed by atoms with Crippen molar-refractivity contribution in [1.29, 1.82) is 5.26 Å². The molecule has 0 bridgehead atoms. The minimum Gasteiger partial charge on any atom is -0.398 e. The van der Waals surface area contributed by atoms with Gasteiger partial charge >= 0.3 is 0 Å². The number of benzene rings is 1. The van der Waals surface area contributed by atoms with Crippen molar-refractivity contribution >= 4 is 23.2 Å². The van der Waals surface area contributed by atoms with Gasteiger partial charge in [-0.1, -0.05) is 0 Å². The molecule has 7 heteroatoms. The van der Waals surface area contributed by atoms with E-state index in [-0.39, 0.29) is 19.5 Å². The number of rotatable bonds is 6. The van der Waals surface area contributed by atoms with Crippen LogP contribution < -0.4 is 22.1 Å². The van der Waals surface area contributed by atoms with Crippen LogP contribution in [0.5, 0.6) is 0 Å². The summed E-state index contributed by atoms with van der Waals surface area (Å²) < 4.78 is 0. The molecule has 0 spiro atoms. The number of nitrogen functional groups attached to an aromatic ring is 1. The van der Waals surface area contributed by atoms with Crippen molar-refractivity contribution in [3.8, 4) is 6.07 Å². The van der Waals surface area contributed by atoms with Crippen molar-refractivity contribution in [2.75, 3.05) is 23.7 Å². The summed E-state index contributed by atoms with van der Waals surface area (Å²) in [6, 6.07) is 6.88. The van der Waals surface area contributed by atoms with Crippen LogP contribution in [0.3, 0.4) is 0 Å². The van der Waals surface area contributed by atoms with Crippen molar-refractivity contribution in [3.05, 3.63) is 23.8 Å². The Balaban J connectivity index is 3.07. The van der Waals surface area contributed by atoms with Crippen LogP contribution in [0.1, 0.15) is 5.56 Å². The normalized spacial score (nSPS) is 9.63. The van der Waals surface area contributed by atoms with Gasteiger partial charge in [0.2, 0.25) is 11.8 Å². The molecular weight excluding hydrogens is 246 g/mol. The van der Waals surface area contributed by atoms with E-state index in [0.717, 1.165) is 0 Å². The molecular formula is C12H15N5O2. The zero-order valence-electron chi connectivity index (χ0n) is 10.3. The summed E-state index contributed by atoms with van der Waals surface area (Å²) in [6.07, 6.45) is 0.140. The highest BCUT2D eigenvalue weighted by Gasteiger charge is 2.13. The van der Waals surface area contributed by atoms with Crippen LogP contribution in [0.2, 0.25) is 0 Å². The molecule has 1 aromatic carbocycles. The number of nitrogens with two attached hydrogens (primary N) is 3. The first kappa shape index (κ1) is 14.3. The van der Waals surface area contributed by atoms with Gasteiger partial charge < -0.3 is 22.1 Å². The zero-order chi connectivity index (χ0) is 14.4. The van der Waals surface area contributed by atoms with Crippen LogP contribution in [0, 0.1) is 11.3 Å². The topological polar surface area (TPSA) is 139 Å². The second-order valence-corrected chi connectivity index (χ2v) is 4.01. The molecule has 6 N–H and O–H groups in total. The van der Waals surface area contributed by atoms with Crippen LogP contribution in [-0.2, 0) is 16.0 Å². The summed E-state index contributed by atoms with van der Waals surface area (Å²) in [6.45, 7) is -0.280. The molecule has 0 aromatic heterocycles. The lowest BCUT2D eigenvalue weighted by Crippen LogP contribution is -2.39. The molecule has 0 saturated carbocycles. The van der Waals surface area contributed by atoms with Crippen LogP contribution >= 0.6 is 0 Å². The van der Waals surface area contributed by atoms with E-state index in [9.17, 15) is 9.59 Å². The molecule has 0 unspecified atom stereocenters. The molecule has 0 aliphatic heterocycles. The van der Waals surface area contributed by atoms with Gasteiger partial charge in [0.15, 0.2) is 0 Å². The van der Waals surface area contributed by atoms with Gasteiger partial charge in [0.25, 0.3) is 0 Å². The van der Waals surface area contributed by atoms with E-state index in [1.807, 2.05) is 6.07 Å². The summed E-state index contributed by atoms with van der Waals surface area (Å²) >= 11 is 0. The lowest BCUT2D eigenvalue weighted by atomic mass is 10.1. The second kappa shape index (κ2) is 6.26. The Labute approximate surface area is 110 Å². The Kier molecular flexibility index (Phi) is 4.71. The number of anilines is 2. The highest BCUT2D eigenvalue weighted by molar-refractivity contribution is 5.85. The Morgan fingerprint density at radius 2 is 1.79 bits per heavy atom. The number of nitriles is 1. The van der Waals surface area contributed by atoms with Crippen LogP contribution in [0.25, 0.3) is 0 Å². The van der Waals surface area contributed by atoms with E-state index >= 15 is 0 Å². The summed E-state index contributed by atoms with van der Waals surface area (Å²) in [5.41, 5.74) is 17.6. The number of amides is 2. The average Bonchev–Trinajstić information content (AvgIpc) is 2.30. The molecule has 1 aromatic rings. The maximum atomic E-state index is 11.0. The van der Waals surface area contributed by atoms with Crippen molar-refractivity contribution in [2.45, 2.75) is 6.42 Å². The van der Waals surface area contributed by atoms with E-state index in [1.165, 1.54) is 4.90 Å². The van der Waals surface area contributed by atoms with Gasteiger partial charge in [0, 0.05) is 11.4 Å². The zero-order valence-corrected chi connectivity index (χ0v) is 10.3. The van der Waals surface area contributed by atoms with Crippen molar-refractivity contribution in [3.63, 3.8) is 0 Å². The number of primary amides is 2. The average molecular weight is 261 g/mol. The number of hydrogen-bond acceptors (Lipinski definition) is 5. The molecule has 2 amide bonds. The highest BCUT2D eigenvalue weighted by Crippen LogP contribution is 2.21. The molecule has 0 fully saturated rings. The van der Waals surface area contributed by atoms with E-state index < -0.39 is 11.8 Å². The Bertz CT molecular complexity index is 519. The molecule has 100 valence electrons. The van der Waals surface area contributed by atoms with E-state index in [1.54, 1.807) is 18.2 Å². The number of hydrogen-bond donors (Lipinski definition) is 3. The molecule has 1 rings (SSSR count). The van der Waals surface area contributed by atoms with E-state index in [0.29, 0.717) is 16.9 Å². The fourth-order valence-corrected chi connectivity index (χ4v) is 1.64. The summed E-state index contributed by atoms with van der Waals surface area (Å²) in [5.74, 6) is -1.17. The fourth-order valence-electron chi connectivity index (χ4n) is 1.64. The Morgan fingerprint density at radius 3 is 2.26 bits per heavy atom. The molecule has 7 nitrogen and oxygen atoms in total. The second-order valence-electron chi connectivity index (χ2n) is 4.01.